The Morgan fingerprint density at radius 1 is 1.05 bits per heavy atom. The van der Waals surface area contributed by atoms with E-state index in [-0.39, 0.29) is 23.3 Å². The number of amides is 3. The van der Waals surface area contributed by atoms with Crippen molar-refractivity contribution in [3.8, 4) is 0 Å². The summed E-state index contributed by atoms with van der Waals surface area (Å²) in [6.07, 6.45) is 3.50. The fourth-order valence-electron chi connectivity index (χ4n) is 4.97. The van der Waals surface area contributed by atoms with Crippen molar-refractivity contribution in [3.63, 3.8) is 0 Å². The Morgan fingerprint density at radius 3 is 2.52 bits per heavy atom. The molecule has 4 N–H and O–H groups in total. The SMILES string of the molecule is CCc1cc2ccc1CCCC(=O)Nc1ccc(S(C)(=O)=O)c(c1)CN(C)C(=O)C2Nc1cccc(C(N)=O)c1. The second-order valence-corrected chi connectivity index (χ2v) is 12.1. The zero-order valence-corrected chi connectivity index (χ0v) is 23.7. The first-order chi connectivity index (χ1) is 19.0. The lowest BCUT2D eigenvalue weighted by Gasteiger charge is -2.27. The molecule has 3 amide bonds. The molecule has 1 atom stereocenters. The van der Waals surface area contributed by atoms with Crippen LogP contribution in [0.25, 0.3) is 0 Å². The summed E-state index contributed by atoms with van der Waals surface area (Å²) in [6.45, 7) is 2.03. The normalized spacial score (nSPS) is 16.5. The minimum atomic E-state index is -3.61. The van der Waals surface area contributed by atoms with Gasteiger partial charge < -0.3 is 21.3 Å². The van der Waals surface area contributed by atoms with Gasteiger partial charge in [0.1, 0.15) is 6.04 Å². The molecular weight excluding hydrogens is 528 g/mol. The maximum Gasteiger partial charge on any atom is 0.249 e. The highest BCUT2D eigenvalue weighted by molar-refractivity contribution is 7.90. The topological polar surface area (TPSA) is 139 Å². The summed E-state index contributed by atoms with van der Waals surface area (Å²) in [5.41, 5.74) is 10.1. The highest BCUT2D eigenvalue weighted by atomic mass is 32.2. The first kappa shape index (κ1) is 28.8. The van der Waals surface area contributed by atoms with E-state index >= 15 is 0 Å². The lowest BCUT2D eigenvalue weighted by molar-refractivity contribution is -0.131. The van der Waals surface area contributed by atoms with Gasteiger partial charge in [-0.1, -0.05) is 31.2 Å². The maximum atomic E-state index is 14.0. The van der Waals surface area contributed by atoms with Crippen LogP contribution in [0.15, 0.2) is 65.6 Å². The largest absolute Gasteiger partial charge is 0.370 e. The number of hydrogen-bond donors (Lipinski definition) is 3. The molecule has 0 aromatic heterocycles. The molecule has 5 rings (SSSR count). The standard InChI is InChI=1S/C30H34N4O5S/c1-4-19-15-21-12-11-20(19)7-6-10-27(35)32-25-13-14-26(40(3,38)39)23(17-25)18-34(2)30(37)28(21)33-24-9-5-8-22(16-24)29(31)36/h5,8-9,11-17,28,33H,4,6-7,10,18H2,1-3H3,(H2,31,36)(H,32,35). The Morgan fingerprint density at radius 2 is 1.82 bits per heavy atom. The molecule has 0 saturated carbocycles. The summed E-state index contributed by atoms with van der Waals surface area (Å²) in [4.78, 5) is 40.0. The van der Waals surface area contributed by atoms with E-state index in [1.54, 1.807) is 43.4 Å². The molecule has 10 heteroatoms. The number of carbonyl (C=O) groups is 3. The third kappa shape index (κ3) is 6.69. The molecule has 0 spiro atoms. The number of primary amides is 1. The van der Waals surface area contributed by atoms with E-state index < -0.39 is 21.8 Å². The molecule has 2 heterocycles. The Balaban J connectivity index is 1.81. The van der Waals surface area contributed by atoms with Crippen LogP contribution in [0.5, 0.6) is 0 Å². The van der Waals surface area contributed by atoms with Gasteiger partial charge in [-0.25, -0.2) is 8.42 Å². The fraction of sp³-hybridized carbons (Fsp3) is 0.300. The number of nitrogens with one attached hydrogen (secondary N) is 2. The van der Waals surface area contributed by atoms with E-state index in [1.807, 2.05) is 25.1 Å². The quantitative estimate of drug-likeness (QED) is 0.432. The van der Waals surface area contributed by atoms with Crippen molar-refractivity contribution in [1.82, 2.24) is 4.90 Å². The average molecular weight is 563 g/mol. The van der Waals surface area contributed by atoms with Crippen molar-refractivity contribution in [2.75, 3.05) is 23.9 Å². The van der Waals surface area contributed by atoms with Crippen molar-refractivity contribution >= 4 is 38.9 Å². The number of carbonyl (C=O) groups excluding carboxylic acids is 3. The molecule has 4 bridgehead atoms. The predicted molar refractivity (Wildman–Crippen MR) is 155 cm³/mol. The zero-order valence-electron chi connectivity index (χ0n) is 22.9. The van der Waals surface area contributed by atoms with Crippen molar-refractivity contribution in [1.29, 1.82) is 0 Å². The number of likely N-dealkylation sites (N-methyl/N-ethyl adjacent to an activating group) is 1. The van der Waals surface area contributed by atoms with Gasteiger partial charge in [0, 0.05) is 43.2 Å². The number of rotatable bonds is 5. The molecule has 0 radical (unpaired) electrons. The van der Waals surface area contributed by atoms with E-state index in [2.05, 4.69) is 10.6 Å². The number of anilines is 2. The summed E-state index contributed by atoms with van der Waals surface area (Å²) in [5.74, 6) is -1.05. The molecule has 1 unspecified atom stereocenters. The molecule has 3 aromatic carbocycles. The van der Waals surface area contributed by atoms with E-state index in [0.717, 1.165) is 29.4 Å². The molecular formula is C30H34N4O5S. The molecule has 0 aliphatic carbocycles. The van der Waals surface area contributed by atoms with Crippen molar-refractivity contribution in [2.45, 2.75) is 50.1 Å². The van der Waals surface area contributed by atoms with Gasteiger partial charge in [0.25, 0.3) is 0 Å². The van der Waals surface area contributed by atoms with Gasteiger partial charge in [0.2, 0.25) is 17.7 Å². The third-order valence-corrected chi connectivity index (χ3v) is 8.22. The molecule has 0 fully saturated rings. The predicted octanol–water partition coefficient (Wildman–Crippen LogP) is 3.84. The van der Waals surface area contributed by atoms with Crippen molar-refractivity contribution in [3.05, 3.63) is 88.5 Å². The minimum Gasteiger partial charge on any atom is -0.370 e. The van der Waals surface area contributed by atoms with E-state index in [4.69, 9.17) is 5.73 Å². The van der Waals surface area contributed by atoms with Crippen molar-refractivity contribution in [2.24, 2.45) is 5.73 Å². The number of fused-ring (bicyclic) bond motifs is 9. The van der Waals surface area contributed by atoms with Gasteiger partial charge in [-0.05, 0) is 77.9 Å². The Bertz CT molecular complexity index is 1570. The van der Waals surface area contributed by atoms with Crippen LogP contribution in [0, 0.1) is 0 Å². The Kier molecular flexibility index (Phi) is 8.58. The van der Waals surface area contributed by atoms with Gasteiger partial charge >= 0.3 is 0 Å². The van der Waals surface area contributed by atoms with E-state index in [9.17, 15) is 22.8 Å². The molecule has 0 saturated heterocycles. The second kappa shape index (κ2) is 11.9. The summed E-state index contributed by atoms with van der Waals surface area (Å²) >= 11 is 0. The second-order valence-electron chi connectivity index (χ2n) is 10.1. The molecule has 9 nitrogen and oxygen atoms in total. The molecule has 3 aromatic rings. The van der Waals surface area contributed by atoms with E-state index in [0.29, 0.717) is 41.8 Å². The average Bonchev–Trinajstić information content (AvgIpc) is 2.90. The van der Waals surface area contributed by atoms with Crippen LogP contribution in [-0.4, -0.2) is 44.3 Å². The number of aryl methyl sites for hydroxylation is 2. The molecule has 210 valence electrons. The Labute approximate surface area is 234 Å². The molecule has 40 heavy (non-hydrogen) atoms. The summed E-state index contributed by atoms with van der Waals surface area (Å²) in [7, 11) is -2.00. The smallest absolute Gasteiger partial charge is 0.249 e. The zero-order chi connectivity index (χ0) is 29.0. The number of hydrogen-bond acceptors (Lipinski definition) is 6. The highest BCUT2D eigenvalue weighted by Crippen LogP contribution is 2.28. The summed E-state index contributed by atoms with van der Waals surface area (Å²) in [6, 6.07) is 16.3. The minimum absolute atomic E-state index is 0.0107. The van der Waals surface area contributed by atoms with Gasteiger partial charge in [0.05, 0.1) is 4.90 Å². The lowest BCUT2D eigenvalue weighted by Crippen LogP contribution is -2.35. The van der Waals surface area contributed by atoms with Gasteiger partial charge in [-0.15, -0.1) is 0 Å². The third-order valence-electron chi connectivity index (χ3n) is 7.03. The lowest BCUT2D eigenvalue weighted by atomic mass is 9.94. The van der Waals surface area contributed by atoms with Crippen LogP contribution in [0.1, 0.15) is 58.4 Å². The van der Waals surface area contributed by atoms with Gasteiger partial charge in [0.15, 0.2) is 9.84 Å². The highest BCUT2D eigenvalue weighted by Gasteiger charge is 2.27. The van der Waals surface area contributed by atoms with Crippen LogP contribution in [0.2, 0.25) is 0 Å². The van der Waals surface area contributed by atoms with Crippen LogP contribution in [-0.2, 0) is 38.8 Å². The molecule has 2 aliphatic heterocycles. The van der Waals surface area contributed by atoms with Crippen LogP contribution >= 0.6 is 0 Å². The Hall–Kier alpha value is -4.18. The number of nitrogens with two attached hydrogens (primary N) is 1. The van der Waals surface area contributed by atoms with Crippen LogP contribution < -0.4 is 16.4 Å². The first-order valence-electron chi connectivity index (χ1n) is 13.1. The number of nitrogens with zero attached hydrogens (tertiary/aromatic N) is 1. The van der Waals surface area contributed by atoms with Crippen LogP contribution in [0.4, 0.5) is 11.4 Å². The van der Waals surface area contributed by atoms with Gasteiger partial charge in [-0.3, -0.25) is 14.4 Å². The maximum absolute atomic E-state index is 14.0. The molecule has 2 aliphatic rings. The summed E-state index contributed by atoms with van der Waals surface area (Å²) in [5, 5.41) is 6.13. The first-order valence-corrected chi connectivity index (χ1v) is 15.0. The van der Waals surface area contributed by atoms with Crippen molar-refractivity contribution < 1.29 is 22.8 Å². The van der Waals surface area contributed by atoms with E-state index in [1.165, 1.54) is 11.0 Å². The summed E-state index contributed by atoms with van der Waals surface area (Å²) < 4.78 is 25.1. The number of benzene rings is 3. The monoisotopic (exact) mass is 562 g/mol. The van der Waals surface area contributed by atoms with Crippen LogP contribution in [0.3, 0.4) is 0 Å². The fourth-order valence-corrected chi connectivity index (χ4v) is 5.89. The number of sulfone groups is 1. The van der Waals surface area contributed by atoms with Gasteiger partial charge in [-0.2, -0.15) is 0 Å².